The van der Waals surface area contributed by atoms with Crippen molar-refractivity contribution in [1.29, 1.82) is 0 Å². The van der Waals surface area contributed by atoms with E-state index < -0.39 is 189 Å². The van der Waals surface area contributed by atoms with Gasteiger partial charge < -0.3 is 80.0 Å². The molecule has 0 aliphatic heterocycles. The van der Waals surface area contributed by atoms with E-state index in [-0.39, 0.29) is 0 Å². The Morgan fingerprint density at radius 2 is 0.919 bits per heavy atom. The fourth-order valence-electron chi connectivity index (χ4n) is 5.08. The predicted octanol–water partition coefficient (Wildman–Crippen LogP) is -7.38. The molecule has 28 heteroatoms. The number of carboxylic acid groups (broad SMARTS) is 3. The van der Waals surface area contributed by atoms with Crippen LogP contribution < -0.4 is 54.4 Å². The van der Waals surface area contributed by atoms with Gasteiger partial charge in [-0.25, -0.2) is 4.79 Å². The van der Waals surface area contributed by atoms with E-state index >= 15 is 0 Å². The van der Waals surface area contributed by atoms with Crippen LogP contribution in [0, 0.1) is 5.92 Å². The molecule has 0 radical (unpaired) electrons. The van der Waals surface area contributed by atoms with Gasteiger partial charge in [-0.05, 0) is 25.2 Å². The number of hydrogen-bond donors (Lipinski definition) is 16. The molecular formula is C34H56N10O17S. The Morgan fingerprint density at radius 1 is 0.516 bits per heavy atom. The third kappa shape index (κ3) is 20.9. The minimum atomic E-state index is -2.00. The summed E-state index contributed by atoms with van der Waals surface area (Å²) in [5, 5.41) is 62.3. The summed E-state index contributed by atoms with van der Waals surface area (Å²) in [4.78, 5) is 149. The Balaban J connectivity index is 6.28. The minimum absolute atomic E-state index is 0.326. The van der Waals surface area contributed by atoms with Crippen LogP contribution in [0.3, 0.4) is 0 Å². The molecule has 0 unspecified atom stereocenters. The van der Waals surface area contributed by atoms with Crippen LogP contribution in [0.1, 0.15) is 65.2 Å². The van der Waals surface area contributed by atoms with Crippen molar-refractivity contribution < 1.29 is 83.1 Å². The highest BCUT2D eigenvalue weighted by Gasteiger charge is 2.35. The summed E-state index contributed by atoms with van der Waals surface area (Å²) in [6.07, 6.45) is -4.09. The van der Waals surface area contributed by atoms with E-state index in [9.17, 15) is 83.1 Å². The molecule has 18 N–H and O–H groups in total. The summed E-state index contributed by atoms with van der Waals surface area (Å²) >= 11 is 4.05. The van der Waals surface area contributed by atoms with Crippen molar-refractivity contribution in [3.8, 4) is 0 Å². The molecule has 62 heavy (non-hydrogen) atoms. The highest BCUT2D eigenvalue weighted by atomic mass is 32.1. The summed E-state index contributed by atoms with van der Waals surface area (Å²) in [6, 6.07) is -13.5. The Bertz CT molecular complexity index is 1650. The first kappa shape index (κ1) is 55.9. The van der Waals surface area contributed by atoms with Crippen molar-refractivity contribution in [2.24, 2.45) is 23.1 Å². The third-order valence-electron chi connectivity index (χ3n) is 8.86. The first-order valence-electron chi connectivity index (χ1n) is 18.9. The van der Waals surface area contributed by atoms with E-state index in [1.165, 1.54) is 0 Å². The average molecular weight is 909 g/mol. The largest absolute Gasteiger partial charge is 0.481 e. The number of hydrogen-bond acceptors (Lipinski definition) is 16. The van der Waals surface area contributed by atoms with Gasteiger partial charge in [0.25, 0.3) is 0 Å². The number of aliphatic hydroxyl groups excluding tert-OH is 2. The van der Waals surface area contributed by atoms with Crippen LogP contribution in [0.4, 0.5) is 0 Å². The van der Waals surface area contributed by atoms with Crippen molar-refractivity contribution >= 4 is 83.7 Å². The molecule has 0 aromatic heterocycles. The number of rotatable bonds is 31. The van der Waals surface area contributed by atoms with E-state index in [1.807, 2.05) is 16.0 Å². The number of carbonyl (C=O) groups is 12. The van der Waals surface area contributed by atoms with Crippen LogP contribution in [-0.2, 0) is 57.5 Å². The fraction of sp³-hybridized carbons (Fsp3) is 0.647. The quantitative estimate of drug-likeness (QED) is 0.0287. The van der Waals surface area contributed by atoms with E-state index in [1.54, 1.807) is 13.8 Å². The number of nitrogens with one attached hydrogen (secondary N) is 7. The first-order valence-corrected chi connectivity index (χ1v) is 19.5. The second kappa shape index (κ2) is 28.4. The zero-order chi connectivity index (χ0) is 47.9. The average Bonchev–Trinajstić information content (AvgIpc) is 3.20. The van der Waals surface area contributed by atoms with Gasteiger partial charge in [-0.3, -0.25) is 52.7 Å². The highest BCUT2D eigenvalue weighted by Crippen LogP contribution is 2.11. The van der Waals surface area contributed by atoms with Crippen LogP contribution in [0.25, 0.3) is 0 Å². The van der Waals surface area contributed by atoms with Crippen LogP contribution >= 0.6 is 12.6 Å². The third-order valence-corrected chi connectivity index (χ3v) is 9.22. The van der Waals surface area contributed by atoms with Gasteiger partial charge in [0.1, 0.15) is 48.3 Å². The molecule has 0 aliphatic rings. The van der Waals surface area contributed by atoms with E-state index in [0.29, 0.717) is 6.42 Å². The molecule has 9 amide bonds. The number of carbonyl (C=O) groups excluding carboxylic acids is 9. The molecule has 0 aliphatic carbocycles. The highest BCUT2D eigenvalue weighted by molar-refractivity contribution is 7.80. The maximum Gasteiger partial charge on any atom is 0.326 e. The zero-order valence-corrected chi connectivity index (χ0v) is 34.7. The summed E-state index contributed by atoms with van der Waals surface area (Å²) in [6.45, 7) is 1.30. The number of thiol groups is 1. The summed E-state index contributed by atoms with van der Waals surface area (Å²) in [5.74, 6) is -15.7. The smallest absolute Gasteiger partial charge is 0.326 e. The molecule has 0 bridgehead atoms. The summed E-state index contributed by atoms with van der Waals surface area (Å²) < 4.78 is 0. The summed E-state index contributed by atoms with van der Waals surface area (Å²) in [5.41, 5.74) is 15.8. The minimum Gasteiger partial charge on any atom is -0.481 e. The number of amides is 9. The molecule has 0 saturated carbocycles. The Labute approximate surface area is 359 Å². The molecule has 0 fully saturated rings. The second-order valence-electron chi connectivity index (χ2n) is 13.8. The standard InChI is InChI=1S/C34H56N10O17S/c1-3-14(2)26(44-27(53)15(35)11-45)33(59)39-17(6-9-24(49)50)29(55)43-21(13-62)32(58)38-16(4-7-22(36)47)28(54)42-20(12-46)31(57)41-19(10-25(51)52)30(56)40-18(34(60)61)5-8-23(37)48/h14-21,26,45-46,62H,3-13,35H2,1-2H3,(H2,36,47)(H2,37,48)(H,38,58)(H,39,59)(H,40,56)(H,41,57)(H,42,54)(H,43,55)(H,44,53)(H,49,50)(H,51,52)(H,60,61)/t14-,15-,16-,17-,18-,19-,20-,21-,26-/m0/s1. The summed E-state index contributed by atoms with van der Waals surface area (Å²) in [7, 11) is 0. The molecule has 0 aromatic rings. The lowest BCUT2D eigenvalue weighted by Gasteiger charge is -2.28. The van der Waals surface area contributed by atoms with Crippen LogP contribution in [0.2, 0.25) is 0 Å². The molecule has 0 heterocycles. The number of aliphatic carboxylic acids is 3. The number of primary amides is 2. The molecular weight excluding hydrogens is 852 g/mol. The van der Waals surface area contributed by atoms with E-state index in [4.69, 9.17) is 17.2 Å². The lowest BCUT2D eigenvalue weighted by atomic mass is 9.97. The van der Waals surface area contributed by atoms with Gasteiger partial charge in [0.2, 0.25) is 53.2 Å². The molecule has 0 rings (SSSR count). The SMILES string of the molecule is CC[C@H](C)[C@H](NC(=O)[C@@H](N)CO)C(=O)N[C@@H](CCC(=O)O)C(=O)N[C@@H](CS)C(=O)N[C@@H](CCC(N)=O)C(=O)N[C@@H](CO)C(=O)N[C@@H](CC(=O)O)C(=O)N[C@@H](CCC(N)=O)C(=O)O. The predicted molar refractivity (Wildman–Crippen MR) is 213 cm³/mol. The molecule has 0 aromatic carbocycles. The lowest BCUT2D eigenvalue weighted by molar-refractivity contribution is -0.144. The van der Waals surface area contributed by atoms with Gasteiger partial charge in [0, 0.05) is 25.0 Å². The van der Waals surface area contributed by atoms with Gasteiger partial charge >= 0.3 is 17.9 Å². The first-order chi connectivity index (χ1) is 28.9. The van der Waals surface area contributed by atoms with Gasteiger partial charge in [-0.1, -0.05) is 20.3 Å². The molecule has 9 atom stereocenters. The maximum atomic E-state index is 13.5. The van der Waals surface area contributed by atoms with Crippen molar-refractivity contribution in [1.82, 2.24) is 37.2 Å². The Hall–Kier alpha value is -6.13. The van der Waals surface area contributed by atoms with Crippen LogP contribution in [-0.4, -0.2) is 164 Å². The van der Waals surface area contributed by atoms with Crippen molar-refractivity contribution in [3.05, 3.63) is 0 Å². The van der Waals surface area contributed by atoms with E-state index in [0.717, 1.165) is 0 Å². The van der Waals surface area contributed by atoms with Crippen molar-refractivity contribution in [2.75, 3.05) is 19.0 Å². The second-order valence-corrected chi connectivity index (χ2v) is 14.1. The van der Waals surface area contributed by atoms with Gasteiger partial charge in [-0.15, -0.1) is 0 Å². The normalized spacial score (nSPS) is 15.2. The zero-order valence-electron chi connectivity index (χ0n) is 33.8. The molecule has 0 saturated heterocycles. The van der Waals surface area contributed by atoms with Crippen LogP contribution in [0.15, 0.2) is 0 Å². The van der Waals surface area contributed by atoms with Gasteiger partial charge in [0.05, 0.1) is 19.6 Å². The number of aliphatic hydroxyl groups is 2. The van der Waals surface area contributed by atoms with Crippen molar-refractivity contribution in [3.63, 3.8) is 0 Å². The fourth-order valence-corrected chi connectivity index (χ4v) is 5.33. The molecule has 350 valence electrons. The van der Waals surface area contributed by atoms with Gasteiger partial charge in [0.15, 0.2) is 0 Å². The number of nitrogens with two attached hydrogens (primary N) is 3. The lowest BCUT2D eigenvalue weighted by Crippen LogP contribution is -2.61. The monoisotopic (exact) mass is 908 g/mol. The number of carboxylic acids is 3. The molecule has 0 spiro atoms. The Kier molecular flexibility index (Phi) is 25.6. The topological polar surface area (TPSA) is 468 Å². The van der Waals surface area contributed by atoms with Gasteiger partial charge in [-0.2, -0.15) is 12.6 Å². The van der Waals surface area contributed by atoms with Crippen molar-refractivity contribution in [2.45, 2.75) is 114 Å². The van der Waals surface area contributed by atoms with E-state index in [2.05, 4.69) is 33.9 Å². The molecule has 27 nitrogen and oxygen atoms in total. The Morgan fingerprint density at radius 3 is 1.35 bits per heavy atom. The maximum absolute atomic E-state index is 13.5. The van der Waals surface area contributed by atoms with Crippen LogP contribution in [0.5, 0.6) is 0 Å².